The highest BCUT2D eigenvalue weighted by molar-refractivity contribution is 5.74. The Kier molecular flexibility index (Phi) is 9.59. The molecule has 0 fully saturated rings. The lowest BCUT2D eigenvalue weighted by Gasteiger charge is -2.12. The van der Waals surface area contributed by atoms with Crippen molar-refractivity contribution in [1.82, 2.24) is 0 Å². The van der Waals surface area contributed by atoms with E-state index in [1.807, 2.05) is 0 Å². The van der Waals surface area contributed by atoms with Gasteiger partial charge in [-0.3, -0.25) is 0 Å². The SMILES string of the molecule is CCCCCCCCC(OC)C(=O)OC. The van der Waals surface area contributed by atoms with Gasteiger partial charge >= 0.3 is 5.97 Å². The first kappa shape index (κ1) is 14.4. The lowest BCUT2D eigenvalue weighted by atomic mass is 10.1. The predicted octanol–water partition coefficient (Wildman–Crippen LogP) is 2.93. The third-order valence-electron chi connectivity index (χ3n) is 2.57. The second-order valence-corrected chi connectivity index (χ2v) is 3.80. The van der Waals surface area contributed by atoms with Crippen molar-refractivity contribution in [2.75, 3.05) is 14.2 Å². The molecule has 0 N–H and O–H groups in total. The Bertz CT molecular complexity index is 157. The van der Waals surface area contributed by atoms with Crippen LogP contribution in [-0.4, -0.2) is 26.3 Å². The maximum absolute atomic E-state index is 11.2. The summed E-state index contributed by atoms with van der Waals surface area (Å²) in [6.45, 7) is 2.21. The topological polar surface area (TPSA) is 35.5 Å². The van der Waals surface area contributed by atoms with E-state index in [0.717, 1.165) is 12.8 Å². The molecular formula is C12H24O3. The number of hydrogen-bond donors (Lipinski definition) is 0. The maximum Gasteiger partial charge on any atom is 0.334 e. The molecule has 3 nitrogen and oxygen atoms in total. The Balaban J connectivity index is 3.42. The first-order valence-corrected chi connectivity index (χ1v) is 5.86. The van der Waals surface area contributed by atoms with E-state index in [4.69, 9.17) is 4.74 Å². The minimum absolute atomic E-state index is 0.258. The number of ether oxygens (including phenoxy) is 2. The molecule has 0 aromatic carbocycles. The Hall–Kier alpha value is -0.570. The van der Waals surface area contributed by atoms with Gasteiger partial charge in [-0.05, 0) is 6.42 Å². The van der Waals surface area contributed by atoms with Crippen LogP contribution >= 0.6 is 0 Å². The minimum Gasteiger partial charge on any atom is -0.467 e. The van der Waals surface area contributed by atoms with Crippen LogP contribution < -0.4 is 0 Å². The zero-order valence-electron chi connectivity index (χ0n) is 10.3. The Morgan fingerprint density at radius 3 is 2.20 bits per heavy atom. The van der Waals surface area contributed by atoms with E-state index in [0.29, 0.717) is 0 Å². The van der Waals surface area contributed by atoms with Gasteiger partial charge in [0.2, 0.25) is 0 Å². The van der Waals surface area contributed by atoms with Crippen LogP contribution in [0.3, 0.4) is 0 Å². The number of methoxy groups -OCH3 is 2. The van der Waals surface area contributed by atoms with Gasteiger partial charge in [-0.15, -0.1) is 0 Å². The molecular weight excluding hydrogens is 192 g/mol. The van der Waals surface area contributed by atoms with E-state index in [2.05, 4.69) is 11.7 Å². The lowest BCUT2D eigenvalue weighted by Crippen LogP contribution is -2.24. The molecule has 0 aliphatic heterocycles. The molecule has 0 aromatic heterocycles. The number of unbranched alkanes of at least 4 members (excludes halogenated alkanes) is 5. The molecule has 0 aliphatic carbocycles. The van der Waals surface area contributed by atoms with Gasteiger partial charge < -0.3 is 9.47 Å². The molecule has 0 saturated carbocycles. The van der Waals surface area contributed by atoms with Crippen molar-refractivity contribution in [2.24, 2.45) is 0 Å². The highest BCUT2D eigenvalue weighted by atomic mass is 16.6. The lowest BCUT2D eigenvalue weighted by molar-refractivity contribution is -0.152. The third-order valence-corrected chi connectivity index (χ3v) is 2.57. The normalized spacial score (nSPS) is 12.5. The van der Waals surface area contributed by atoms with Gasteiger partial charge in [-0.1, -0.05) is 45.4 Å². The summed E-state index contributed by atoms with van der Waals surface area (Å²) in [5, 5.41) is 0. The molecule has 1 atom stereocenters. The van der Waals surface area contributed by atoms with Crippen LogP contribution in [0.4, 0.5) is 0 Å². The van der Waals surface area contributed by atoms with E-state index in [1.54, 1.807) is 7.11 Å². The van der Waals surface area contributed by atoms with E-state index < -0.39 is 0 Å². The van der Waals surface area contributed by atoms with Gasteiger partial charge in [0.15, 0.2) is 6.10 Å². The number of rotatable bonds is 9. The van der Waals surface area contributed by atoms with E-state index >= 15 is 0 Å². The van der Waals surface area contributed by atoms with E-state index in [-0.39, 0.29) is 12.1 Å². The van der Waals surface area contributed by atoms with Crippen molar-refractivity contribution >= 4 is 5.97 Å². The predicted molar refractivity (Wildman–Crippen MR) is 60.8 cm³/mol. The summed E-state index contributed by atoms with van der Waals surface area (Å²) in [6, 6.07) is 0. The first-order valence-electron chi connectivity index (χ1n) is 5.86. The van der Waals surface area contributed by atoms with Gasteiger partial charge in [0.05, 0.1) is 7.11 Å². The average Bonchev–Trinajstić information content (AvgIpc) is 2.27. The molecule has 0 saturated heterocycles. The molecule has 0 aliphatic rings. The Morgan fingerprint density at radius 1 is 1.07 bits per heavy atom. The fraction of sp³-hybridized carbons (Fsp3) is 0.917. The molecule has 0 spiro atoms. The van der Waals surface area contributed by atoms with Crippen LogP contribution in [0.1, 0.15) is 51.9 Å². The van der Waals surface area contributed by atoms with E-state index in [9.17, 15) is 4.79 Å². The second kappa shape index (κ2) is 9.97. The summed E-state index contributed by atoms with van der Waals surface area (Å²) in [5.41, 5.74) is 0. The summed E-state index contributed by atoms with van der Waals surface area (Å²) >= 11 is 0. The van der Waals surface area contributed by atoms with Gasteiger partial charge in [0.1, 0.15) is 0 Å². The largest absolute Gasteiger partial charge is 0.467 e. The smallest absolute Gasteiger partial charge is 0.334 e. The maximum atomic E-state index is 11.2. The van der Waals surface area contributed by atoms with Gasteiger partial charge in [0.25, 0.3) is 0 Å². The molecule has 90 valence electrons. The van der Waals surface area contributed by atoms with Crippen molar-refractivity contribution in [2.45, 2.75) is 58.0 Å². The standard InChI is InChI=1S/C12H24O3/c1-4-5-6-7-8-9-10-11(14-2)12(13)15-3/h11H,4-10H2,1-3H3. The van der Waals surface area contributed by atoms with Crippen molar-refractivity contribution in [3.63, 3.8) is 0 Å². The number of carbonyl (C=O) groups excluding carboxylic acids is 1. The van der Waals surface area contributed by atoms with Crippen molar-refractivity contribution in [3.8, 4) is 0 Å². The fourth-order valence-electron chi connectivity index (χ4n) is 1.57. The summed E-state index contributed by atoms with van der Waals surface area (Å²) in [6.07, 6.45) is 7.75. The molecule has 0 bridgehead atoms. The second-order valence-electron chi connectivity index (χ2n) is 3.80. The average molecular weight is 216 g/mol. The summed E-state index contributed by atoms with van der Waals surface area (Å²) in [5.74, 6) is -0.258. The van der Waals surface area contributed by atoms with Crippen molar-refractivity contribution < 1.29 is 14.3 Å². The molecule has 15 heavy (non-hydrogen) atoms. The van der Waals surface area contributed by atoms with Crippen molar-refractivity contribution in [1.29, 1.82) is 0 Å². The zero-order chi connectivity index (χ0) is 11.5. The molecule has 0 radical (unpaired) electrons. The van der Waals surface area contributed by atoms with Crippen LogP contribution in [0.5, 0.6) is 0 Å². The van der Waals surface area contributed by atoms with Crippen LogP contribution in [0, 0.1) is 0 Å². The zero-order valence-corrected chi connectivity index (χ0v) is 10.3. The molecule has 0 heterocycles. The Morgan fingerprint density at radius 2 is 1.67 bits per heavy atom. The van der Waals surface area contributed by atoms with Crippen LogP contribution in [-0.2, 0) is 14.3 Å². The summed E-state index contributed by atoms with van der Waals surface area (Å²) < 4.78 is 9.69. The minimum atomic E-state index is -0.374. The molecule has 0 aromatic rings. The van der Waals surface area contributed by atoms with Crippen molar-refractivity contribution in [3.05, 3.63) is 0 Å². The molecule has 1 unspecified atom stereocenters. The van der Waals surface area contributed by atoms with Gasteiger partial charge in [-0.2, -0.15) is 0 Å². The summed E-state index contributed by atoms with van der Waals surface area (Å²) in [7, 11) is 2.95. The van der Waals surface area contributed by atoms with Gasteiger partial charge in [0, 0.05) is 7.11 Å². The quantitative estimate of drug-likeness (QED) is 0.439. The number of carbonyl (C=O) groups is 1. The fourth-order valence-corrected chi connectivity index (χ4v) is 1.57. The third kappa shape index (κ3) is 7.37. The summed E-state index contributed by atoms with van der Waals surface area (Å²) in [4.78, 5) is 11.2. The van der Waals surface area contributed by atoms with Crippen LogP contribution in [0.2, 0.25) is 0 Å². The highest BCUT2D eigenvalue weighted by Gasteiger charge is 2.16. The van der Waals surface area contributed by atoms with Crippen LogP contribution in [0.25, 0.3) is 0 Å². The molecule has 0 rings (SSSR count). The Labute approximate surface area is 93.1 Å². The molecule has 3 heteroatoms. The monoisotopic (exact) mass is 216 g/mol. The highest BCUT2D eigenvalue weighted by Crippen LogP contribution is 2.10. The number of esters is 1. The number of hydrogen-bond acceptors (Lipinski definition) is 3. The van der Waals surface area contributed by atoms with Gasteiger partial charge in [-0.25, -0.2) is 4.79 Å². The first-order chi connectivity index (χ1) is 7.26. The van der Waals surface area contributed by atoms with E-state index in [1.165, 1.54) is 39.2 Å². The molecule has 0 amide bonds. The van der Waals surface area contributed by atoms with Crippen LogP contribution in [0.15, 0.2) is 0 Å².